The normalized spacial score (nSPS) is 12.0. The van der Waals surface area contributed by atoms with Crippen molar-refractivity contribution in [3.05, 3.63) is 22.7 Å². The van der Waals surface area contributed by atoms with Gasteiger partial charge in [0.25, 0.3) is 0 Å². The third-order valence-electron chi connectivity index (χ3n) is 1.88. The highest BCUT2D eigenvalue weighted by atomic mass is 79.9. The van der Waals surface area contributed by atoms with E-state index in [9.17, 15) is 8.42 Å². The number of rotatable bonds is 2. The van der Waals surface area contributed by atoms with Gasteiger partial charge in [-0.05, 0) is 48.0 Å². The van der Waals surface area contributed by atoms with E-state index >= 15 is 0 Å². The summed E-state index contributed by atoms with van der Waals surface area (Å²) < 4.78 is 24.1. The second kappa shape index (κ2) is 3.90. The Morgan fingerprint density at radius 2 is 1.93 bits per heavy atom. The van der Waals surface area contributed by atoms with Gasteiger partial charge < -0.3 is 5.73 Å². The van der Waals surface area contributed by atoms with E-state index in [1.807, 2.05) is 0 Å². The van der Waals surface area contributed by atoms with Crippen LogP contribution in [0.5, 0.6) is 0 Å². The van der Waals surface area contributed by atoms with Crippen LogP contribution in [0.2, 0.25) is 0 Å². The molecule has 0 aromatic heterocycles. The largest absolute Gasteiger partial charge is 0.399 e. The van der Waals surface area contributed by atoms with Gasteiger partial charge in [0.2, 0.25) is 0 Å². The third-order valence-corrected chi connectivity index (χ3v) is 5.01. The van der Waals surface area contributed by atoms with E-state index in [1.165, 1.54) is 6.07 Å². The highest BCUT2D eigenvalue weighted by Crippen LogP contribution is 2.26. The first-order valence-corrected chi connectivity index (χ1v) is 6.48. The van der Waals surface area contributed by atoms with Crippen molar-refractivity contribution in [2.75, 3.05) is 5.73 Å². The number of nitrogen functional groups attached to an aromatic ring is 1. The van der Waals surface area contributed by atoms with Gasteiger partial charge in [0.1, 0.15) is 0 Å². The van der Waals surface area contributed by atoms with E-state index in [2.05, 4.69) is 15.9 Å². The quantitative estimate of drug-likeness (QED) is 0.844. The molecule has 0 aliphatic carbocycles. The minimum atomic E-state index is -3.23. The number of hydrogen-bond donors (Lipinski definition) is 1. The number of anilines is 1. The van der Waals surface area contributed by atoms with Gasteiger partial charge in [-0.3, -0.25) is 0 Å². The molecule has 0 unspecified atom stereocenters. The molecule has 0 saturated heterocycles. The molecule has 1 aromatic rings. The van der Waals surface area contributed by atoms with Crippen molar-refractivity contribution in [1.82, 2.24) is 0 Å². The molecule has 14 heavy (non-hydrogen) atoms. The third kappa shape index (κ3) is 2.09. The molecule has 78 valence electrons. The van der Waals surface area contributed by atoms with Gasteiger partial charge in [-0.25, -0.2) is 8.42 Å². The molecule has 0 fully saturated rings. The molecule has 1 aromatic carbocycles. The minimum Gasteiger partial charge on any atom is -0.399 e. The molecule has 0 spiro atoms. The van der Waals surface area contributed by atoms with Crippen molar-refractivity contribution >= 4 is 31.5 Å². The van der Waals surface area contributed by atoms with Crippen LogP contribution >= 0.6 is 15.9 Å². The summed E-state index contributed by atoms with van der Waals surface area (Å²) in [5.74, 6) is 0. The fourth-order valence-electron chi connectivity index (χ4n) is 1.00. The molecular formula is C9H12BrNO2S. The molecule has 0 aliphatic rings. The molecule has 0 saturated carbocycles. The number of nitrogens with two attached hydrogens (primary N) is 1. The van der Waals surface area contributed by atoms with Crippen LogP contribution in [0.15, 0.2) is 27.6 Å². The van der Waals surface area contributed by atoms with E-state index < -0.39 is 15.1 Å². The van der Waals surface area contributed by atoms with Gasteiger partial charge >= 0.3 is 0 Å². The molecule has 3 nitrogen and oxygen atoms in total. The molecule has 2 N–H and O–H groups in total. The molecule has 0 amide bonds. The number of sulfone groups is 1. The molecule has 0 atom stereocenters. The summed E-state index contributed by atoms with van der Waals surface area (Å²) in [6.07, 6.45) is 0. The Kier molecular flexibility index (Phi) is 3.21. The van der Waals surface area contributed by atoms with Crippen LogP contribution in [0.4, 0.5) is 5.69 Å². The van der Waals surface area contributed by atoms with Crippen LogP contribution < -0.4 is 5.73 Å². The van der Waals surface area contributed by atoms with Crippen LogP contribution in [0.25, 0.3) is 0 Å². The van der Waals surface area contributed by atoms with Gasteiger partial charge in [0.05, 0.1) is 10.1 Å². The first kappa shape index (κ1) is 11.5. The SMILES string of the molecule is CC(C)S(=O)(=O)c1ccc(N)cc1Br. The lowest BCUT2D eigenvalue weighted by atomic mass is 10.3. The fraction of sp³-hybridized carbons (Fsp3) is 0.333. The van der Waals surface area contributed by atoms with Gasteiger partial charge in [-0.15, -0.1) is 0 Å². The zero-order valence-electron chi connectivity index (χ0n) is 7.99. The molecule has 0 radical (unpaired) electrons. The Bertz CT molecular complexity index is 440. The minimum absolute atomic E-state index is 0.293. The lowest BCUT2D eigenvalue weighted by Gasteiger charge is -2.09. The van der Waals surface area contributed by atoms with E-state index in [0.29, 0.717) is 15.1 Å². The highest BCUT2D eigenvalue weighted by molar-refractivity contribution is 9.10. The Balaban J connectivity index is 3.35. The van der Waals surface area contributed by atoms with Crippen molar-refractivity contribution < 1.29 is 8.42 Å². The van der Waals surface area contributed by atoms with Crippen molar-refractivity contribution in [1.29, 1.82) is 0 Å². The first-order chi connectivity index (χ1) is 6.35. The summed E-state index contributed by atoms with van der Waals surface area (Å²) in [4.78, 5) is 0.293. The second-order valence-corrected chi connectivity index (χ2v) is 6.61. The lowest BCUT2D eigenvalue weighted by molar-refractivity contribution is 0.587. The summed E-state index contributed by atoms with van der Waals surface area (Å²) in [5.41, 5.74) is 6.06. The van der Waals surface area contributed by atoms with E-state index in [1.54, 1.807) is 26.0 Å². The zero-order valence-corrected chi connectivity index (χ0v) is 10.4. The van der Waals surface area contributed by atoms with Crippen molar-refractivity contribution in [2.24, 2.45) is 0 Å². The maximum Gasteiger partial charge on any atom is 0.181 e. The monoisotopic (exact) mass is 277 g/mol. The average molecular weight is 278 g/mol. The van der Waals surface area contributed by atoms with Gasteiger partial charge in [-0.2, -0.15) is 0 Å². The average Bonchev–Trinajstić information content (AvgIpc) is 2.02. The summed E-state index contributed by atoms with van der Waals surface area (Å²) >= 11 is 3.19. The smallest absolute Gasteiger partial charge is 0.181 e. The standard InChI is InChI=1S/C9H12BrNO2S/c1-6(2)14(12,13)9-4-3-7(11)5-8(9)10/h3-6H,11H2,1-2H3. The summed E-state index contributed by atoms with van der Waals surface area (Å²) in [7, 11) is -3.23. The number of benzene rings is 1. The molecule has 0 bridgehead atoms. The Hall–Kier alpha value is -0.550. The highest BCUT2D eigenvalue weighted by Gasteiger charge is 2.21. The van der Waals surface area contributed by atoms with Gasteiger partial charge in [0, 0.05) is 10.2 Å². The number of hydrogen-bond acceptors (Lipinski definition) is 3. The zero-order chi connectivity index (χ0) is 10.9. The molecule has 0 aliphatic heterocycles. The maximum absolute atomic E-state index is 11.8. The molecule has 5 heteroatoms. The lowest BCUT2D eigenvalue weighted by Crippen LogP contribution is -2.14. The van der Waals surface area contributed by atoms with E-state index in [-0.39, 0.29) is 0 Å². The summed E-state index contributed by atoms with van der Waals surface area (Å²) in [6.45, 7) is 3.30. The van der Waals surface area contributed by atoms with Gasteiger partial charge in [-0.1, -0.05) is 0 Å². The van der Waals surface area contributed by atoms with Crippen LogP contribution in [0, 0.1) is 0 Å². The molecular weight excluding hydrogens is 266 g/mol. The van der Waals surface area contributed by atoms with Crippen LogP contribution in [0.3, 0.4) is 0 Å². The second-order valence-electron chi connectivity index (χ2n) is 3.28. The van der Waals surface area contributed by atoms with Crippen molar-refractivity contribution in [3.63, 3.8) is 0 Å². The Morgan fingerprint density at radius 1 is 1.36 bits per heavy atom. The van der Waals surface area contributed by atoms with E-state index in [0.717, 1.165) is 0 Å². The topological polar surface area (TPSA) is 60.2 Å². The predicted molar refractivity (Wildman–Crippen MR) is 60.9 cm³/mol. The fourth-order valence-corrected chi connectivity index (χ4v) is 3.17. The maximum atomic E-state index is 11.8. The Morgan fingerprint density at radius 3 is 2.36 bits per heavy atom. The van der Waals surface area contributed by atoms with Crippen LogP contribution in [-0.2, 0) is 9.84 Å². The predicted octanol–water partition coefficient (Wildman–Crippen LogP) is 2.21. The Labute approximate surface area is 92.4 Å². The van der Waals surface area contributed by atoms with Crippen molar-refractivity contribution in [2.45, 2.75) is 24.0 Å². The van der Waals surface area contributed by atoms with Crippen molar-refractivity contribution in [3.8, 4) is 0 Å². The van der Waals surface area contributed by atoms with Gasteiger partial charge in [0.15, 0.2) is 9.84 Å². The van der Waals surface area contributed by atoms with Crippen LogP contribution in [0.1, 0.15) is 13.8 Å². The first-order valence-electron chi connectivity index (χ1n) is 4.14. The molecule has 1 rings (SSSR count). The van der Waals surface area contributed by atoms with E-state index in [4.69, 9.17) is 5.73 Å². The number of halogens is 1. The summed E-state index contributed by atoms with van der Waals surface area (Å²) in [6, 6.07) is 4.70. The summed E-state index contributed by atoms with van der Waals surface area (Å²) in [5, 5.41) is -0.428. The molecule has 0 heterocycles. The van der Waals surface area contributed by atoms with Crippen LogP contribution in [-0.4, -0.2) is 13.7 Å².